The van der Waals surface area contributed by atoms with E-state index in [1.165, 1.54) is 12.4 Å². The first-order valence-corrected chi connectivity index (χ1v) is 4.93. The molecule has 0 spiro atoms. The smallest absolute Gasteiger partial charge is 0.302 e. The van der Waals surface area contributed by atoms with Crippen LogP contribution in [-0.2, 0) is 0 Å². The molecular formula is C11H10N4O2. The van der Waals surface area contributed by atoms with Crippen LogP contribution in [0.1, 0.15) is 6.92 Å². The van der Waals surface area contributed by atoms with E-state index in [9.17, 15) is 4.79 Å². The number of rotatable bonds is 3. The van der Waals surface area contributed by atoms with Gasteiger partial charge < -0.3 is 10.1 Å². The van der Waals surface area contributed by atoms with Crippen molar-refractivity contribution in [1.29, 1.82) is 5.41 Å². The number of H-pyrrole nitrogens is 1. The summed E-state index contributed by atoms with van der Waals surface area (Å²) in [6, 6.07) is 1.63. The molecule has 0 radical (unpaired) electrons. The predicted octanol–water partition coefficient (Wildman–Crippen LogP) is 1.25. The summed E-state index contributed by atoms with van der Waals surface area (Å²) in [4.78, 5) is 22.1. The van der Waals surface area contributed by atoms with E-state index in [0.29, 0.717) is 16.7 Å². The highest BCUT2D eigenvalue weighted by atomic mass is 16.5. The van der Waals surface area contributed by atoms with Gasteiger partial charge in [-0.1, -0.05) is 0 Å². The maximum Gasteiger partial charge on any atom is 0.302 e. The van der Waals surface area contributed by atoms with Crippen LogP contribution in [0.2, 0.25) is 0 Å². The molecule has 86 valence electrons. The zero-order chi connectivity index (χ0) is 12.3. The van der Waals surface area contributed by atoms with E-state index in [4.69, 9.17) is 10.1 Å². The van der Waals surface area contributed by atoms with Gasteiger partial charge in [0.2, 0.25) is 0 Å². The number of fused-ring (bicyclic) bond motifs is 1. The zero-order valence-electron chi connectivity index (χ0n) is 9.10. The highest BCUT2D eigenvalue weighted by Gasteiger charge is 2.05. The lowest BCUT2D eigenvalue weighted by molar-refractivity contribution is 0.418. The molecule has 6 nitrogen and oxygen atoms in total. The first kappa shape index (κ1) is 11.0. The van der Waals surface area contributed by atoms with E-state index >= 15 is 0 Å². The molecule has 0 bridgehead atoms. The molecule has 0 atom stereocenters. The van der Waals surface area contributed by atoms with Gasteiger partial charge in [0, 0.05) is 6.20 Å². The Labute approximate surface area is 96.5 Å². The largest absolute Gasteiger partial charge is 0.424 e. The summed E-state index contributed by atoms with van der Waals surface area (Å²) in [6.45, 7) is 1.72. The summed E-state index contributed by atoms with van der Waals surface area (Å²) in [5, 5.41) is 7.52. The van der Waals surface area contributed by atoms with Gasteiger partial charge in [-0.2, -0.15) is 4.98 Å². The first-order chi connectivity index (χ1) is 8.24. The Morgan fingerprint density at radius 3 is 3.12 bits per heavy atom. The van der Waals surface area contributed by atoms with Gasteiger partial charge in [-0.3, -0.25) is 14.8 Å². The SMILES string of the molecule is C/C=C(\C=N)Oc1nc2cnccc2c(=O)[nH]1. The number of aromatic nitrogens is 3. The van der Waals surface area contributed by atoms with Crippen LogP contribution in [0, 0.1) is 5.41 Å². The van der Waals surface area contributed by atoms with Crippen LogP contribution in [0.25, 0.3) is 10.9 Å². The molecule has 0 amide bonds. The number of ether oxygens (including phenoxy) is 1. The average Bonchev–Trinajstić information content (AvgIpc) is 2.36. The highest BCUT2D eigenvalue weighted by molar-refractivity contribution is 5.76. The quantitative estimate of drug-likeness (QED) is 0.613. The Bertz CT molecular complexity index is 645. The minimum absolute atomic E-state index is 0.0482. The van der Waals surface area contributed by atoms with Crippen LogP contribution in [0.5, 0.6) is 6.01 Å². The van der Waals surface area contributed by atoms with Crippen molar-refractivity contribution >= 4 is 17.1 Å². The van der Waals surface area contributed by atoms with E-state index < -0.39 is 0 Å². The number of hydrogen-bond donors (Lipinski definition) is 2. The number of nitrogens with zero attached hydrogens (tertiary/aromatic N) is 2. The maximum absolute atomic E-state index is 11.7. The lowest BCUT2D eigenvalue weighted by Crippen LogP contribution is -2.11. The van der Waals surface area contributed by atoms with Crippen molar-refractivity contribution in [2.75, 3.05) is 0 Å². The van der Waals surface area contributed by atoms with Crippen LogP contribution in [-0.4, -0.2) is 21.2 Å². The second kappa shape index (κ2) is 4.56. The van der Waals surface area contributed by atoms with Gasteiger partial charge in [0.25, 0.3) is 5.56 Å². The molecule has 0 fully saturated rings. The fourth-order valence-corrected chi connectivity index (χ4v) is 1.30. The molecule has 2 rings (SSSR count). The Hall–Kier alpha value is -2.50. The van der Waals surface area contributed by atoms with E-state index in [1.54, 1.807) is 19.1 Å². The highest BCUT2D eigenvalue weighted by Crippen LogP contribution is 2.09. The van der Waals surface area contributed by atoms with E-state index in [2.05, 4.69) is 15.0 Å². The molecule has 0 aliphatic carbocycles. The zero-order valence-corrected chi connectivity index (χ0v) is 9.10. The third-order valence-corrected chi connectivity index (χ3v) is 2.13. The fourth-order valence-electron chi connectivity index (χ4n) is 1.30. The van der Waals surface area contributed by atoms with Gasteiger partial charge in [0.1, 0.15) is 5.76 Å². The third kappa shape index (κ3) is 2.20. The summed E-state index contributed by atoms with van der Waals surface area (Å²) in [5.41, 5.74) is 0.152. The molecule has 0 saturated heterocycles. The fraction of sp³-hybridized carbons (Fsp3) is 0.0909. The molecule has 17 heavy (non-hydrogen) atoms. The van der Waals surface area contributed by atoms with Gasteiger partial charge >= 0.3 is 6.01 Å². The molecular weight excluding hydrogens is 220 g/mol. The molecule has 2 aromatic heterocycles. The lowest BCUT2D eigenvalue weighted by atomic mass is 10.3. The van der Waals surface area contributed by atoms with E-state index in [0.717, 1.165) is 6.21 Å². The van der Waals surface area contributed by atoms with Gasteiger partial charge in [-0.25, -0.2) is 0 Å². The van der Waals surface area contributed by atoms with Crippen molar-refractivity contribution in [2.24, 2.45) is 0 Å². The van der Waals surface area contributed by atoms with Gasteiger partial charge in [0.15, 0.2) is 0 Å². The Morgan fingerprint density at radius 2 is 2.41 bits per heavy atom. The number of aromatic amines is 1. The Morgan fingerprint density at radius 1 is 1.59 bits per heavy atom. The van der Waals surface area contributed by atoms with Crippen LogP contribution < -0.4 is 10.3 Å². The van der Waals surface area contributed by atoms with Crippen molar-refractivity contribution in [3.8, 4) is 6.01 Å². The maximum atomic E-state index is 11.7. The molecule has 0 aliphatic heterocycles. The third-order valence-electron chi connectivity index (χ3n) is 2.13. The molecule has 0 unspecified atom stereocenters. The first-order valence-electron chi connectivity index (χ1n) is 4.93. The van der Waals surface area contributed by atoms with Crippen molar-refractivity contribution in [3.63, 3.8) is 0 Å². The standard InChI is InChI=1S/C11H10N4O2/c1-2-7(5-12)17-11-14-9-6-13-4-3-8(9)10(16)15-11/h2-6,12H,1H3,(H,14,15,16)/b7-2+,12-5?. The normalized spacial score (nSPS) is 11.5. The van der Waals surface area contributed by atoms with Crippen LogP contribution in [0.15, 0.2) is 35.1 Å². The summed E-state index contributed by atoms with van der Waals surface area (Å²) in [6.07, 6.45) is 5.64. The van der Waals surface area contributed by atoms with Crippen molar-refractivity contribution < 1.29 is 4.74 Å². The van der Waals surface area contributed by atoms with Crippen LogP contribution in [0.4, 0.5) is 0 Å². The second-order valence-corrected chi connectivity index (χ2v) is 3.20. The van der Waals surface area contributed by atoms with Crippen molar-refractivity contribution in [2.45, 2.75) is 6.92 Å². The minimum atomic E-state index is -0.298. The predicted molar refractivity (Wildman–Crippen MR) is 63.3 cm³/mol. The number of allylic oxidation sites excluding steroid dienone is 2. The van der Waals surface area contributed by atoms with E-state index in [-0.39, 0.29) is 11.6 Å². The topological polar surface area (TPSA) is 91.7 Å². The minimum Gasteiger partial charge on any atom is -0.424 e. The molecule has 2 N–H and O–H groups in total. The molecule has 0 saturated carbocycles. The Balaban J connectivity index is 2.50. The van der Waals surface area contributed by atoms with Crippen LogP contribution in [0.3, 0.4) is 0 Å². The molecule has 6 heteroatoms. The average molecular weight is 230 g/mol. The Kier molecular flexibility index (Phi) is 2.95. The van der Waals surface area contributed by atoms with Crippen molar-refractivity contribution in [1.82, 2.24) is 15.0 Å². The summed E-state index contributed by atoms with van der Waals surface area (Å²) < 4.78 is 5.23. The van der Waals surface area contributed by atoms with Gasteiger partial charge in [-0.05, 0) is 19.1 Å². The summed E-state index contributed by atoms with van der Waals surface area (Å²) >= 11 is 0. The number of pyridine rings is 1. The molecule has 2 heterocycles. The molecule has 0 aliphatic rings. The van der Waals surface area contributed by atoms with Gasteiger partial charge in [-0.15, -0.1) is 0 Å². The van der Waals surface area contributed by atoms with Gasteiger partial charge in [0.05, 0.1) is 23.3 Å². The lowest BCUT2D eigenvalue weighted by Gasteiger charge is -2.04. The number of nitrogens with one attached hydrogen (secondary N) is 2. The summed E-state index contributed by atoms with van der Waals surface area (Å²) in [5.74, 6) is 0.302. The summed E-state index contributed by atoms with van der Waals surface area (Å²) in [7, 11) is 0. The van der Waals surface area contributed by atoms with Crippen LogP contribution >= 0.6 is 0 Å². The number of hydrogen-bond acceptors (Lipinski definition) is 5. The molecule has 2 aromatic rings. The second-order valence-electron chi connectivity index (χ2n) is 3.20. The van der Waals surface area contributed by atoms with E-state index in [1.807, 2.05) is 0 Å². The van der Waals surface area contributed by atoms with Crippen molar-refractivity contribution in [3.05, 3.63) is 40.6 Å². The molecule has 0 aromatic carbocycles. The monoisotopic (exact) mass is 230 g/mol.